The first-order valence-corrected chi connectivity index (χ1v) is 7.82. The summed E-state index contributed by atoms with van der Waals surface area (Å²) in [5, 5.41) is 8.40. The van der Waals surface area contributed by atoms with Gasteiger partial charge in [-0.25, -0.2) is 0 Å². The average molecular weight is 303 g/mol. The lowest BCUT2D eigenvalue weighted by atomic mass is 10.2. The first-order valence-electron chi connectivity index (χ1n) is 7.82. The zero-order valence-electron chi connectivity index (χ0n) is 13.2. The van der Waals surface area contributed by atoms with Gasteiger partial charge in [0.05, 0.1) is 11.7 Å². The van der Waals surface area contributed by atoms with Crippen LogP contribution >= 0.6 is 0 Å². The van der Waals surface area contributed by atoms with Crippen molar-refractivity contribution in [3.05, 3.63) is 29.2 Å². The molecule has 0 N–H and O–H groups in total. The number of nitrogens with zero attached hydrogens (tertiary/aromatic N) is 5. The zero-order valence-corrected chi connectivity index (χ0v) is 13.2. The summed E-state index contributed by atoms with van der Waals surface area (Å²) in [6.45, 7) is 7.25. The molecule has 0 spiro atoms. The van der Waals surface area contributed by atoms with E-state index in [2.05, 4.69) is 15.2 Å². The Hall–Kier alpha value is -2.18. The number of carbonyl (C=O) groups excluding carboxylic acids is 1. The lowest BCUT2D eigenvalue weighted by Crippen LogP contribution is -2.32. The van der Waals surface area contributed by atoms with Gasteiger partial charge in [-0.05, 0) is 32.8 Å². The molecule has 2 aromatic rings. The molecule has 1 saturated heterocycles. The Labute approximate surface area is 129 Å². The van der Waals surface area contributed by atoms with Crippen LogP contribution in [0, 0.1) is 6.92 Å². The van der Waals surface area contributed by atoms with Gasteiger partial charge in [0, 0.05) is 19.5 Å². The first-order chi connectivity index (χ1) is 10.6. The van der Waals surface area contributed by atoms with Crippen LogP contribution in [0.25, 0.3) is 0 Å². The highest BCUT2D eigenvalue weighted by Crippen LogP contribution is 2.31. The Morgan fingerprint density at radius 3 is 2.95 bits per heavy atom. The fraction of sp³-hybridized carbons (Fsp3) is 0.600. The van der Waals surface area contributed by atoms with Crippen molar-refractivity contribution in [3.8, 4) is 0 Å². The topological polar surface area (TPSA) is 77.1 Å². The van der Waals surface area contributed by atoms with Gasteiger partial charge >= 0.3 is 0 Å². The van der Waals surface area contributed by atoms with Crippen LogP contribution in [-0.2, 0) is 13.0 Å². The molecule has 2 aromatic heterocycles. The molecular formula is C15H21N5O2. The molecule has 3 rings (SSSR count). The third kappa shape index (κ3) is 2.51. The maximum Gasteiger partial charge on any atom is 0.272 e. The van der Waals surface area contributed by atoms with Crippen LogP contribution < -0.4 is 0 Å². The predicted octanol–water partition coefficient (Wildman–Crippen LogP) is 2.13. The lowest BCUT2D eigenvalue weighted by molar-refractivity contribution is 0.0715. The molecule has 22 heavy (non-hydrogen) atoms. The number of amides is 1. The number of aromatic nitrogens is 4. The van der Waals surface area contributed by atoms with Crippen molar-refractivity contribution < 1.29 is 9.32 Å². The van der Waals surface area contributed by atoms with Gasteiger partial charge in [-0.15, -0.1) is 0 Å². The fourth-order valence-corrected chi connectivity index (χ4v) is 2.93. The molecule has 0 radical (unpaired) electrons. The third-order valence-corrected chi connectivity index (χ3v) is 4.02. The smallest absolute Gasteiger partial charge is 0.272 e. The number of rotatable bonds is 4. The van der Waals surface area contributed by atoms with Crippen molar-refractivity contribution in [1.82, 2.24) is 24.8 Å². The van der Waals surface area contributed by atoms with E-state index in [9.17, 15) is 4.79 Å². The van der Waals surface area contributed by atoms with Crippen molar-refractivity contribution >= 4 is 5.91 Å². The van der Waals surface area contributed by atoms with Gasteiger partial charge in [-0.1, -0.05) is 12.1 Å². The molecule has 1 aliphatic rings. The minimum atomic E-state index is -0.0999. The quantitative estimate of drug-likeness (QED) is 0.864. The first kappa shape index (κ1) is 14.7. The standard InChI is InChI=1S/C15H21N5O2/c1-4-13-16-14(18-22-13)11-7-6-8-19(11)15(21)12-9-10(3)17-20(12)5-2/h9,11H,4-8H2,1-3H3/t11-/m0/s1. The van der Waals surface area contributed by atoms with Gasteiger partial charge in [0.25, 0.3) is 5.91 Å². The third-order valence-electron chi connectivity index (χ3n) is 4.02. The Kier molecular flexibility index (Phi) is 3.96. The molecular weight excluding hydrogens is 282 g/mol. The Morgan fingerprint density at radius 2 is 2.27 bits per heavy atom. The van der Waals surface area contributed by atoms with Crippen LogP contribution in [-0.4, -0.2) is 37.3 Å². The number of aryl methyl sites for hydroxylation is 3. The summed E-state index contributed by atoms with van der Waals surface area (Å²) >= 11 is 0. The van der Waals surface area contributed by atoms with E-state index in [0.29, 0.717) is 36.9 Å². The second kappa shape index (κ2) is 5.90. The monoisotopic (exact) mass is 303 g/mol. The number of carbonyl (C=O) groups is 1. The molecule has 0 aromatic carbocycles. The van der Waals surface area contributed by atoms with Gasteiger partial charge in [-0.2, -0.15) is 10.1 Å². The summed E-state index contributed by atoms with van der Waals surface area (Å²) < 4.78 is 6.94. The molecule has 1 aliphatic heterocycles. The SMILES string of the molecule is CCc1nc([C@@H]2CCCN2C(=O)c2cc(C)nn2CC)no1. The molecule has 7 heteroatoms. The van der Waals surface area contributed by atoms with Crippen LogP contribution in [0.2, 0.25) is 0 Å². The summed E-state index contributed by atoms with van der Waals surface area (Å²) in [7, 11) is 0. The fourth-order valence-electron chi connectivity index (χ4n) is 2.93. The van der Waals surface area contributed by atoms with Crippen LogP contribution in [0.15, 0.2) is 10.6 Å². The normalized spacial score (nSPS) is 18.1. The van der Waals surface area contributed by atoms with E-state index in [0.717, 1.165) is 18.5 Å². The maximum absolute atomic E-state index is 12.9. The lowest BCUT2D eigenvalue weighted by Gasteiger charge is -2.22. The summed E-state index contributed by atoms with van der Waals surface area (Å²) in [6.07, 6.45) is 2.52. The van der Waals surface area contributed by atoms with Crippen LogP contribution in [0.1, 0.15) is 60.6 Å². The highest BCUT2D eigenvalue weighted by atomic mass is 16.5. The summed E-state index contributed by atoms with van der Waals surface area (Å²) in [6, 6.07) is 1.74. The molecule has 3 heterocycles. The van der Waals surface area contributed by atoms with Crippen molar-refractivity contribution in [3.63, 3.8) is 0 Å². The Bertz CT molecular complexity index is 675. The van der Waals surface area contributed by atoms with Gasteiger partial charge < -0.3 is 9.42 Å². The molecule has 0 aliphatic carbocycles. The van der Waals surface area contributed by atoms with E-state index in [4.69, 9.17) is 4.52 Å². The maximum atomic E-state index is 12.9. The zero-order chi connectivity index (χ0) is 15.7. The molecule has 1 fully saturated rings. The average Bonchev–Trinajstić information content (AvgIpc) is 3.24. The Balaban J connectivity index is 1.87. The predicted molar refractivity (Wildman–Crippen MR) is 79.3 cm³/mol. The van der Waals surface area contributed by atoms with Crippen LogP contribution in [0.4, 0.5) is 0 Å². The molecule has 1 atom stereocenters. The van der Waals surface area contributed by atoms with E-state index >= 15 is 0 Å². The van der Waals surface area contributed by atoms with Gasteiger partial charge in [0.15, 0.2) is 5.82 Å². The van der Waals surface area contributed by atoms with Gasteiger partial charge in [0.2, 0.25) is 5.89 Å². The molecule has 118 valence electrons. The highest BCUT2D eigenvalue weighted by molar-refractivity contribution is 5.93. The summed E-state index contributed by atoms with van der Waals surface area (Å²) in [5.41, 5.74) is 1.49. The number of likely N-dealkylation sites (tertiary alicyclic amines) is 1. The van der Waals surface area contributed by atoms with E-state index < -0.39 is 0 Å². The van der Waals surface area contributed by atoms with Crippen LogP contribution in [0.5, 0.6) is 0 Å². The van der Waals surface area contributed by atoms with Gasteiger partial charge in [0.1, 0.15) is 5.69 Å². The van der Waals surface area contributed by atoms with Crippen molar-refractivity contribution in [2.75, 3.05) is 6.54 Å². The molecule has 7 nitrogen and oxygen atoms in total. The Morgan fingerprint density at radius 1 is 1.45 bits per heavy atom. The van der Waals surface area contributed by atoms with E-state index in [-0.39, 0.29) is 11.9 Å². The second-order valence-electron chi connectivity index (χ2n) is 5.54. The van der Waals surface area contributed by atoms with E-state index in [1.807, 2.05) is 31.7 Å². The summed E-state index contributed by atoms with van der Waals surface area (Å²) in [5.74, 6) is 1.22. The van der Waals surface area contributed by atoms with Crippen molar-refractivity contribution in [2.24, 2.45) is 0 Å². The molecule has 1 amide bonds. The van der Waals surface area contributed by atoms with Crippen molar-refractivity contribution in [1.29, 1.82) is 0 Å². The highest BCUT2D eigenvalue weighted by Gasteiger charge is 2.35. The summed E-state index contributed by atoms with van der Waals surface area (Å²) in [4.78, 5) is 19.1. The van der Waals surface area contributed by atoms with Crippen LogP contribution in [0.3, 0.4) is 0 Å². The number of hydrogen-bond acceptors (Lipinski definition) is 5. The number of hydrogen-bond donors (Lipinski definition) is 0. The molecule has 0 bridgehead atoms. The second-order valence-corrected chi connectivity index (χ2v) is 5.54. The largest absolute Gasteiger partial charge is 0.339 e. The van der Waals surface area contributed by atoms with E-state index in [1.165, 1.54) is 0 Å². The minimum absolute atomic E-state index is 0.00667. The minimum Gasteiger partial charge on any atom is -0.339 e. The van der Waals surface area contributed by atoms with Crippen molar-refractivity contribution in [2.45, 2.75) is 52.6 Å². The van der Waals surface area contributed by atoms with Gasteiger partial charge in [-0.3, -0.25) is 9.48 Å². The van der Waals surface area contributed by atoms with E-state index in [1.54, 1.807) is 4.68 Å². The molecule has 0 unspecified atom stereocenters. The molecule has 0 saturated carbocycles.